The highest BCUT2D eigenvalue weighted by Crippen LogP contribution is 2.26. The Bertz CT molecular complexity index is 816. The van der Waals surface area contributed by atoms with Crippen molar-refractivity contribution in [3.63, 3.8) is 0 Å². The Hall–Kier alpha value is -2.29. The van der Waals surface area contributed by atoms with Gasteiger partial charge in [-0.3, -0.25) is 9.00 Å². The first kappa shape index (κ1) is 20.0. The predicted octanol–water partition coefficient (Wildman–Crippen LogP) is 2.54. The van der Waals surface area contributed by atoms with Crippen molar-refractivity contribution in [1.29, 1.82) is 0 Å². The topological polar surface area (TPSA) is 99.7 Å². The van der Waals surface area contributed by atoms with Crippen LogP contribution in [-0.4, -0.2) is 35.4 Å². The molecule has 140 valence electrons. The molecule has 2 aromatic rings. The van der Waals surface area contributed by atoms with Gasteiger partial charge in [-0.1, -0.05) is 17.7 Å². The summed E-state index contributed by atoms with van der Waals surface area (Å²) in [5.74, 6) is 0.531. The maximum absolute atomic E-state index is 12.3. The van der Waals surface area contributed by atoms with Crippen LogP contribution in [0.2, 0.25) is 5.02 Å². The normalized spacial score (nSPS) is 11.5. The van der Waals surface area contributed by atoms with Crippen LogP contribution in [0, 0.1) is 0 Å². The fourth-order valence-electron chi connectivity index (χ4n) is 2.35. The van der Waals surface area contributed by atoms with Gasteiger partial charge in [0.2, 0.25) is 0 Å². The van der Waals surface area contributed by atoms with E-state index in [-0.39, 0.29) is 5.91 Å². The van der Waals surface area contributed by atoms with E-state index in [1.54, 1.807) is 30.3 Å². The fraction of sp³-hybridized carbons (Fsp3) is 0.235. The Morgan fingerprint density at radius 1 is 1.15 bits per heavy atom. The standard InChI is InChI=1S/C17H19ClN2O5S/c1-24-15-6-4-12(18)10-13(15)17(21)19-8-7-11-3-5-16(25-2)14(9-11)20-26(22)23/h3-6,9-10,20H,7-8H2,1-2H3,(H,19,21)(H,22,23)/p-1. The fourth-order valence-corrected chi connectivity index (χ4v) is 2.86. The third-order valence-electron chi connectivity index (χ3n) is 3.56. The molecule has 0 fully saturated rings. The van der Waals surface area contributed by atoms with Gasteiger partial charge in [0.25, 0.3) is 5.91 Å². The third kappa shape index (κ3) is 5.35. The second-order valence-electron chi connectivity index (χ2n) is 5.22. The van der Waals surface area contributed by atoms with Gasteiger partial charge in [-0.05, 0) is 42.3 Å². The highest BCUT2D eigenvalue weighted by Gasteiger charge is 2.12. The summed E-state index contributed by atoms with van der Waals surface area (Å²) in [4.78, 5) is 12.3. The van der Waals surface area contributed by atoms with E-state index in [1.807, 2.05) is 0 Å². The zero-order valence-corrected chi connectivity index (χ0v) is 15.8. The number of nitrogens with one attached hydrogen (secondary N) is 2. The third-order valence-corrected chi connectivity index (χ3v) is 4.18. The molecular formula is C17H18ClN2O5S-. The molecule has 0 aliphatic rings. The van der Waals surface area contributed by atoms with Crippen LogP contribution < -0.4 is 19.5 Å². The van der Waals surface area contributed by atoms with Crippen molar-refractivity contribution in [2.45, 2.75) is 6.42 Å². The van der Waals surface area contributed by atoms with Gasteiger partial charge in [0.15, 0.2) is 0 Å². The van der Waals surface area contributed by atoms with E-state index < -0.39 is 11.3 Å². The zero-order valence-electron chi connectivity index (χ0n) is 14.2. The first-order chi connectivity index (χ1) is 12.4. The van der Waals surface area contributed by atoms with Crippen molar-refractivity contribution >= 4 is 34.5 Å². The molecule has 0 radical (unpaired) electrons. The number of ether oxygens (including phenoxy) is 2. The van der Waals surface area contributed by atoms with E-state index in [1.165, 1.54) is 20.3 Å². The largest absolute Gasteiger partial charge is 0.755 e. The van der Waals surface area contributed by atoms with E-state index in [0.717, 1.165) is 5.56 Å². The summed E-state index contributed by atoms with van der Waals surface area (Å²) in [6, 6.07) is 9.91. The number of methoxy groups -OCH3 is 2. The molecule has 1 amide bonds. The van der Waals surface area contributed by atoms with E-state index >= 15 is 0 Å². The molecule has 1 atom stereocenters. The maximum atomic E-state index is 12.3. The zero-order chi connectivity index (χ0) is 19.1. The van der Waals surface area contributed by atoms with Crippen molar-refractivity contribution in [2.24, 2.45) is 0 Å². The molecular weight excluding hydrogens is 380 g/mol. The number of anilines is 1. The minimum Gasteiger partial charge on any atom is -0.755 e. The second kappa shape index (κ2) is 9.42. The first-order valence-electron chi connectivity index (χ1n) is 7.59. The number of rotatable bonds is 8. The average molecular weight is 398 g/mol. The molecule has 0 heterocycles. The Balaban J connectivity index is 2.02. The molecule has 2 aromatic carbocycles. The number of carbonyl (C=O) groups excluding carboxylic acids is 1. The van der Waals surface area contributed by atoms with Crippen LogP contribution in [0.4, 0.5) is 5.69 Å². The Labute approximate surface area is 159 Å². The number of amides is 1. The van der Waals surface area contributed by atoms with Crippen molar-refractivity contribution in [3.8, 4) is 11.5 Å². The van der Waals surface area contributed by atoms with Crippen molar-refractivity contribution < 1.29 is 23.0 Å². The molecule has 0 saturated heterocycles. The van der Waals surface area contributed by atoms with E-state index in [2.05, 4.69) is 10.0 Å². The number of hydrogen-bond acceptors (Lipinski definition) is 5. The first-order valence-corrected chi connectivity index (χ1v) is 9.04. The molecule has 0 aliphatic carbocycles. The molecule has 26 heavy (non-hydrogen) atoms. The molecule has 0 aromatic heterocycles. The monoisotopic (exact) mass is 397 g/mol. The van der Waals surface area contributed by atoms with Crippen molar-refractivity contribution in [1.82, 2.24) is 5.32 Å². The lowest BCUT2D eigenvalue weighted by atomic mass is 10.1. The molecule has 0 spiro atoms. The summed E-state index contributed by atoms with van der Waals surface area (Å²) in [5.41, 5.74) is 1.51. The quantitative estimate of drug-likeness (QED) is 0.667. The summed E-state index contributed by atoms with van der Waals surface area (Å²) in [5, 5.41) is 3.22. The van der Waals surface area contributed by atoms with Gasteiger partial charge >= 0.3 is 0 Å². The highest BCUT2D eigenvalue weighted by molar-refractivity contribution is 7.80. The summed E-state index contributed by atoms with van der Waals surface area (Å²) in [6.07, 6.45) is 0.499. The Morgan fingerprint density at radius 2 is 1.85 bits per heavy atom. The van der Waals surface area contributed by atoms with E-state index in [9.17, 15) is 13.6 Å². The Kier molecular flexibility index (Phi) is 7.26. The number of halogens is 1. The summed E-state index contributed by atoms with van der Waals surface area (Å²) < 4.78 is 34.3. The van der Waals surface area contributed by atoms with Crippen LogP contribution in [0.25, 0.3) is 0 Å². The molecule has 0 saturated carbocycles. The minimum absolute atomic E-state index is 0.308. The smallest absolute Gasteiger partial charge is 0.255 e. The molecule has 7 nitrogen and oxygen atoms in total. The molecule has 2 rings (SSSR count). The lowest BCUT2D eigenvalue weighted by molar-refractivity contribution is 0.0951. The number of hydrogen-bond donors (Lipinski definition) is 2. The SMILES string of the molecule is COc1ccc(CCNC(=O)c2cc(Cl)ccc2OC)cc1NS(=O)[O-]. The predicted molar refractivity (Wildman–Crippen MR) is 99.6 cm³/mol. The van der Waals surface area contributed by atoms with Crippen LogP contribution in [0.3, 0.4) is 0 Å². The average Bonchev–Trinajstić information content (AvgIpc) is 2.61. The van der Waals surface area contributed by atoms with Crippen molar-refractivity contribution in [2.75, 3.05) is 25.5 Å². The van der Waals surface area contributed by atoms with Crippen LogP contribution >= 0.6 is 11.6 Å². The number of carbonyl (C=O) groups is 1. The maximum Gasteiger partial charge on any atom is 0.255 e. The van der Waals surface area contributed by atoms with E-state index in [0.29, 0.717) is 40.7 Å². The molecule has 0 bridgehead atoms. The highest BCUT2D eigenvalue weighted by atomic mass is 35.5. The lowest BCUT2D eigenvalue weighted by Crippen LogP contribution is -2.26. The van der Waals surface area contributed by atoms with E-state index in [4.69, 9.17) is 21.1 Å². The van der Waals surface area contributed by atoms with Gasteiger partial charge in [0, 0.05) is 22.8 Å². The van der Waals surface area contributed by atoms with Gasteiger partial charge in [-0.25, -0.2) is 0 Å². The van der Waals surface area contributed by atoms with Gasteiger partial charge in [-0.15, -0.1) is 0 Å². The minimum atomic E-state index is -2.46. The summed E-state index contributed by atoms with van der Waals surface area (Å²) in [6.45, 7) is 0.348. The second-order valence-corrected chi connectivity index (χ2v) is 6.33. The van der Waals surface area contributed by atoms with Crippen LogP contribution in [-0.2, 0) is 17.7 Å². The molecule has 2 N–H and O–H groups in total. The van der Waals surface area contributed by atoms with Crippen LogP contribution in [0.1, 0.15) is 15.9 Å². The summed E-state index contributed by atoms with van der Waals surface area (Å²) in [7, 11) is 2.93. The number of benzene rings is 2. The summed E-state index contributed by atoms with van der Waals surface area (Å²) >= 11 is 3.47. The molecule has 0 aliphatic heterocycles. The molecule has 9 heteroatoms. The van der Waals surface area contributed by atoms with Crippen LogP contribution in [0.5, 0.6) is 11.5 Å². The van der Waals surface area contributed by atoms with Crippen molar-refractivity contribution in [3.05, 3.63) is 52.5 Å². The molecule has 1 unspecified atom stereocenters. The van der Waals surface area contributed by atoms with Gasteiger partial charge in [-0.2, -0.15) is 0 Å². The Morgan fingerprint density at radius 3 is 2.50 bits per heavy atom. The lowest BCUT2D eigenvalue weighted by Gasteiger charge is -2.14. The van der Waals surface area contributed by atoms with Crippen LogP contribution in [0.15, 0.2) is 36.4 Å². The van der Waals surface area contributed by atoms with Gasteiger partial charge in [0.1, 0.15) is 11.5 Å². The van der Waals surface area contributed by atoms with Gasteiger partial charge in [0.05, 0.1) is 25.5 Å². The van der Waals surface area contributed by atoms with Gasteiger partial charge < -0.3 is 24.1 Å².